The van der Waals surface area contributed by atoms with Crippen molar-refractivity contribution in [3.63, 3.8) is 0 Å². The Labute approximate surface area is 255 Å². The molecule has 3 aliphatic rings. The van der Waals surface area contributed by atoms with Gasteiger partial charge in [0.1, 0.15) is 6.61 Å². The first kappa shape index (κ1) is 29.8. The second-order valence-electron chi connectivity index (χ2n) is 13.6. The van der Waals surface area contributed by atoms with Crippen LogP contribution in [0.5, 0.6) is 0 Å². The van der Waals surface area contributed by atoms with Crippen molar-refractivity contribution in [3.05, 3.63) is 70.9 Å². The number of nitrogens with zero attached hydrogens (tertiary/aromatic N) is 3. The smallest absolute Gasteiger partial charge is 0.414 e. The number of aliphatic hydroxyl groups excluding tert-OH is 1. The summed E-state index contributed by atoms with van der Waals surface area (Å²) in [5.41, 5.74) is 6.69. The van der Waals surface area contributed by atoms with E-state index < -0.39 is 8.07 Å². The van der Waals surface area contributed by atoms with Gasteiger partial charge in [-0.15, -0.1) is 0 Å². The minimum absolute atomic E-state index is 0.106. The molecule has 9 heteroatoms. The molecule has 0 bridgehead atoms. The number of aliphatic hydroxyl groups is 1. The molecule has 1 unspecified atom stereocenters. The Morgan fingerprint density at radius 2 is 1.84 bits per heavy atom. The van der Waals surface area contributed by atoms with E-state index in [0.717, 1.165) is 79.4 Å². The van der Waals surface area contributed by atoms with Crippen LogP contribution in [0.2, 0.25) is 25.2 Å². The van der Waals surface area contributed by atoms with Crippen molar-refractivity contribution < 1.29 is 19.4 Å². The number of carbonyl (C=O) groups excluding carboxylic acids is 2. The number of rotatable bonds is 8. The minimum Gasteiger partial charge on any atom is -0.447 e. The van der Waals surface area contributed by atoms with E-state index in [4.69, 9.17) is 9.72 Å². The molecule has 1 aromatic heterocycles. The zero-order chi connectivity index (χ0) is 30.1. The fourth-order valence-corrected chi connectivity index (χ4v) is 8.59. The van der Waals surface area contributed by atoms with Crippen LogP contribution >= 0.6 is 0 Å². The van der Waals surface area contributed by atoms with Crippen molar-refractivity contribution in [1.29, 1.82) is 0 Å². The predicted molar refractivity (Wildman–Crippen MR) is 173 cm³/mol. The number of likely N-dealkylation sites (tertiary alicyclic amines) is 1. The summed E-state index contributed by atoms with van der Waals surface area (Å²) in [6, 6.07) is 15.8. The van der Waals surface area contributed by atoms with Gasteiger partial charge in [-0.1, -0.05) is 31.8 Å². The number of carbonyl (C=O) groups is 2. The highest BCUT2D eigenvalue weighted by Crippen LogP contribution is 2.37. The molecule has 6 rings (SSSR count). The molecule has 2 aromatic carbocycles. The van der Waals surface area contributed by atoms with Crippen molar-refractivity contribution in [2.75, 3.05) is 37.7 Å². The van der Waals surface area contributed by atoms with Crippen LogP contribution in [0.25, 0.3) is 10.9 Å². The number of benzene rings is 2. The number of fused-ring (bicyclic) bond motifs is 2. The van der Waals surface area contributed by atoms with Crippen LogP contribution in [0.15, 0.2) is 48.5 Å². The van der Waals surface area contributed by atoms with Crippen molar-refractivity contribution in [1.82, 2.24) is 15.2 Å². The summed E-state index contributed by atoms with van der Waals surface area (Å²) in [7, 11) is -1.24. The number of hydrogen-bond donors (Lipinski definition) is 2. The Hall–Kier alpha value is -3.27. The Bertz CT molecular complexity index is 1480. The Kier molecular flexibility index (Phi) is 8.57. The standard InChI is InChI=1S/C34H44N4O4Si/c1-43(2,3)29-9-11-31-26(22-29)21-25-20-24(6-10-30(25)35-31)33(40)36-32(14-17-37-15-12-28(39)13-16-37)23-4-7-27(8-5-23)38-18-19-42-34(38)41/h4-8,10,20-21,28-29,32,39H,9,11-19,22H2,1-3H3,(H,36,40)/t29?,32-/m1/s1. The first-order valence-electron chi connectivity index (χ1n) is 15.8. The third-order valence-electron chi connectivity index (χ3n) is 9.63. The number of amides is 2. The number of piperidine rings is 1. The van der Waals surface area contributed by atoms with Crippen LogP contribution < -0.4 is 10.2 Å². The molecular formula is C34H44N4O4Si. The molecule has 3 aromatic rings. The van der Waals surface area contributed by atoms with Gasteiger partial charge in [0, 0.05) is 50.0 Å². The number of aryl methyl sites for hydroxylation is 1. The molecule has 1 aliphatic carbocycles. The number of pyridine rings is 1. The fourth-order valence-electron chi connectivity index (χ4n) is 6.75. The monoisotopic (exact) mass is 600 g/mol. The fraction of sp³-hybridized carbons (Fsp3) is 0.500. The summed E-state index contributed by atoms with van der Waals surface area (Å²) in [4.78, 5) is 34.8. The van der Waals surface area contributed by atoms with Gasteiger partial charge in [0.15, 0.2) is 0 Å². The molecule has 2 saturated heterocycles. The minimum atomic E-state index is -1.24. The molecule has 43 heavy (non-hydrogen) atoms. The maximum atomic E-state index is 13.7. The van der Waals surface area contributed by atoms with Gasteiger partial charge in [0.2, 0.25) is 0 Å². The molecule has 0 saturated carbocycles. The van der Waals surface area contributed by atoms with Crippen LogP contribution in [0.3, 0.4) is 0 Å². The average molecular weight is 601 g/mol. The van der Waals surface area contributed by atoms with E-state index in [1.165, 1.54) is 17.7 Å². The van der Waals surface area contributed by atoms with Crippen molar-refractivity contribution in [2.24, 2.45) is 0 Å². The molecular weight excluding hydrogens is 556 g/mol. The van der Waals surface area contributed by atoms with Gasteiger partial charge < -0.3 is 20.1 Å². The normalized spacial score (nSPS) is 20.6. The first-order chi connectivity index (χ1) is 20.6. The average Bonchev–Trinajstić information content (AvgIpc) is 3.43. The largest absolute Gasteiger partial charge is 0.447 e. The Balaban J connectivity index is 1.21. The molecule has 3 heterocycles. The van der Waals surface area contributed by atoms with Gasteiger partial charge in [0.25, 0.3) is 5.91 Å². The maximum absolute atomic E-state index is 13.7. The van der Waals surface area contributed by atoms with E-state index in [1.54, 1.807) is 4.90 Å². The van der Waals surface area contributed by atoms with E-state index in [2.05, 4.69) is 35.9 Å². The van der Waals surface area contributed by atoms with Crippen LogP contribution in [-0.2, 0) is 17.6 Å². The van der Waals surface area contributed by atoms with Crippen LogP contribution in [-0.4, -0.2) is 74.0 Å². The van der Waals surface area contributed by atoms with Crippen molar-refractivity contribution in [3.8, 4) is 0 Å². The third-order valence-corrected chi connectivity index (χ3v) is 12.6. The maximum Gasteiger partial charge on any atom is 0.414 e. The number of aromatic nitrogens is 1. The van der Waals surface area contributed by atoms with E-state index in [-0.39, 0.29) is 24.1 Å². The molecule has 0 spiro atoms. The zero-order valence-corrected chi connectivity index (χ0v) is 26.6. The lowest BCUT2D eigenvalue weighted by atomic mass is 9.93. The first-order valence-corrected chi connectivity index (χ1v) is 19.4. The lowest BCUT2D eigenvalue weighted by molar-refractivity contribution is 0.0795. The number of nitrogens with one attached hydrogen (secondary N) is 1. The summed E-state index contributed by atoms with van der Waals surface area (Å²) in [6.45, 7) is 10.8. The highest BCUT2D eigenvalue weighted by atomic mass is 28.3. The molecule has 2 aliphatic heterocycles. The number of hydrogen-bond acceptors (Lipinski definition) is 6. The number of cyclic esters (lactones) is 1. The molecule has 2 atom stereocenters. The van der Waals surface area contributed by atoms with Crippen LogP contribution in [0.4, 0.5) is 10.5 Å². The Morgan fingerprint density at radius 1 is 1.07 bits per heavy atom. The zero-order valence-electron chi connectivity index (χ0n) is 25.6. The van der Waals surface area contributed by atoms with Crippen molar-refractivity contribution in [2.45, 2.75) is 75.9 Å². The van der Waals surface area contributed by atoms with E-state index in [1.807, 2.05) is 42.5 Å². The summed E-state index contributed by atoms with van der Waals surface area (Å²) in [5.74, 6) is -0.106. The van der Waals surface area contributed by atoms with Crippen molar-refractivity contribution >= 4 is 36.7 Å². The third kappa shape index (κ3) is 6.79. The molecule has 2 amide bonds. The van der Waals surface area contributed by atoms with Gasteiger partial charge in [-0.3, -0.25) is 14.7 Å². The topological polar surface area (TPSA) is 95.0 Å². The predicted octanol–water partition coefficient (Wildman–Crippen LogP) is 5.71. The molecule has 2 fully saturated rings. The van der Waals surface area contributed by atoms with Gasteiger partial charge in [0.05, 0.1) is 24.2 Å². The van der Waals surface area contributed by atoms with Gasteiger partial charge in [-0.2, -0.15) is 0 Å². The number of ether oxygens (including phenoxy) is 1. The lowest BCUT2D eigenvalue weighted by Gasteiger charge is -2.33. The van der Waals surface area contributed by atoms with Gasteiger partial charge in [-0.05, 0) is 91.6 Å². The van der Waals surface area contributed by atoms with Crippen LogP contribution in [0.1, 0.15) is 58.9 Å². The summed E-state index contributed by atoms with van der Waals surface area (Å²) < 4.78 is 5.10. The van der Waals surface area contributed by atoms with Crippen LogP contribution in [0, 0.1) is 0 Å². The second kappa shape index (κ2) is 12.4. The highest BCUT2D eigenvalue weighted by molar-refractivity contribution is 6.77. The molecule has 0 radical (unpaired) electrons. The summed E-state index contributed by atoms with van der Waals surface area (Å²) >= 11 is 0. The van der Waals surface area contributed by atoms with E-state index in [9.17, 15) is 14.7 Å². The Morgan fingerprint density at radius 3 is 2.53 bits per heavy atom. The quantitative estimate of drug-likeness (QED) is 0.322. The molecule has 8 nitrogen and oxygen atoms in total. The second-order valence-corrected chi connectivity index (χ2v) is 19.1. The van der Waals surface area contributed by atoms with E-state index >= 15 is 0 Å². The summed E-state index contributed by atoms with van der Waals surface area (Å²) in [5, 5.41) is 14.3. The van der Waals surface area contributed by atoms with Gasteiger partial charge >= 0.3 is 6.09 Å². The summed E-state index contributed by atoms with van der Waals surface area (Å²) in [6.07, 6.45) is 5.12. The SMILES string of the molecule is C[Si](C)(C)C1CCc2nc3ccc(C(=O)N[C@H](CCN4CCC(O)CC4)c4ccc(N5CCOC5=O)cc4)cc3cc2C1. The lowest BCUT2D eigenvalue weighted by Crippen LogP contribution is -2.38. The molecule has 2 N–H and O–H groups in total. The van der Waals surface area contributed by atoms with E-state index in [0.29, 0.717) is 18.7 Å². The number of anilines is 1. The highest BCUT2D eigenvalue weighted by Gasteiger charge is 2.31. The van der Waals surface area contributed by atoms with Gasteiger partial charge in [-0.25, -0.2) is 4.79 Å². The molecule has 228 valence electrons.